The van der Waals surface area contributed by atoms with Crippen LogP contribution in [0.25, 0.3) is 6.08 Å². The van der Waals surface area contributed by atoms with Crippen LogP contribution in [0.4, 0.5) is 0 Å². The molecule has 0 amide bonds. The Morgan fingerprint density at radius 1 is 1.33 bits per heavy atom. The maximum absolute atomic E-state index is 13.5. The molecule has 0 spiro atoms. The Hall–Kier alpha value is -1.70. The van der Waals surface area contributed by atoms with Crippen LogP contribution in [0, 0.1) is 3.77 Å². The van der Waals surface area contributed by atoms with E-state index in [0.717, 1.165) is 10.0 Å². The number of benzene rings is 1. The molecule has 0 saturated heterocycles. The van der Waals surface area contributed by atoms with Crippen LogP contribution >= 0.6 is 65.8 Å². The molecular weight excluding hydrogens is 691 g/mol. The Morgan fingerprint density at radius 2 is 2.09 bits per heavy atom. The normalized spacial score (nSPS) is 15.9. The van der Waals surface area contributed by atoms with Crippen molar-refractivity contribution >= 4 is 77.8 Å². The summed E-state index contributed by atoms with van der Waals surface area (Å²) in [6.07, 6.45) is 1.68. The Morgan fingerprint density at radius 3 is 2.70 bits per heavy atom. The number of esters is 1. The molecule has 7 nitrogen and oxygen atoms in total. The van der Waals surface area contributed by atoms with Crippen LogP contribution in [0.5, 0.6) is 5.75 Å². The number of fused-ring (bicyclic) bond motifs is 1. The molecule has 1 aliphatic rings. The maximum Gasteiger partial charge on any atom is 0.338 e. The van der Waals surface area contributed by atoms with E-state index in [-0.39, 0.29) is 12.2 Å². The van der Waals surface area contributed by atoms with Crippen molar-refractivity contribution in [1.82, 2.24) is 4.57 Å². The number of aromatic nitrogens is 1. The Bertz CT molecular complexity index is 1450. The monoisotopic (exact) mass is 706 g/mol. The number of methoxy groups -OCH3 is 1. The third kappa shape index (κ3) is 4.64. The first-order valence-corrected chi connectivity index (χ1v) is 13.2. The van der Waals surface area contributed by atoms with E-state index >= 15 is 0 Å². The number of hydrogen-bond acceptors (Lipinski definition) is 7. The Kier molecular flexibility index (Phi) is 7.32. The Balaban J connectivity index is 1.97. The molecule has 1 aliphatic heterocycles. The first kappa shape index (κ1) is 24.4. The number of thiazole rings is 1. The van der Waals surface area contributed by atoms with Crippen molar-refractivity contribution in [2.75, 3.05) is 13.7 Å². The van der Waals surface area contributed by atoms with Gasteiger partial charge < -0.3 is 13.9 Å². The van der Waals surface area contributed by atoms with E-state index in [2.05, 4.69) is 59.4 Å². The second kappa shape index (κ2) is 9.88. The molecule has 33 heavy (non-hydrogen) atoms. The van der Waals surface area contributed by atoms with Gasteiger partial charge in [0, 0.05) is 28.7 Å². The molecule has 0 N–H and O–H groups in total. The summed E-state index contributed by atoms with van der Waals surface area (Å²) in [6.45, 7) is 3.71. The highest BCUT2D eigenvalue weighted by atomic mass is 127. The van der Waals surface area contributed by atoms with Gasteiger partial charge in [-0.15, -0.1) is 0 Å². The highest BCUT2D eigenvalue weighted by molar-refractivity contribution is 14.1. The summed E-state index contributed by atoms with van der Waals surface area (Å²) in [5.74, 6) is 0.679. The average Bonchev–Trinajstić information content (AvgIpc) is 3.24. The van der Waals surface area contributed by atoms with Gasteiger partial charge in [-0.25, -0.2) is 9.79 Å². The molecule has 3 heterocycles. The van der Waals surface area contributed by atoms with E-state index in [9.17, 15) is 9.59 Å². The zero-order valence-electron chi connectivity index (χ0n) is 17.6. The van der Waals surface area contributed by atoms with Gasteiger partial charge in [-0.2, -0.15) is 0 Å². The fraction of sp³-hybridized carbons (Fsp3) is 0.227. The number of ether oxygens (including phenoxy) is 2. The smallest absolute Gasteiger partial charge is 0.338 e. The topological polar surface area (TPSA) is 83.0 Å². The summed E-state index contributed by atoms with van der Waals surface area (Å²) in [5, 5.41) is 0. The third-order valence-corrected chi connectivity index (χ3v) is 8.68. The van der Waals surface area contributed by atoms with Crippen LogP contribution < -0.4 is 19.6 Å². The molecule has 0 unspecified atom stereocenters. The molecule has 1 atom stereocenters. The number of nitrogens with zero attached hydrogens (tertiary/aromatic N) is 2. The second-order valence-corrected chi connectivity index (χ2v) is 10.7. The number of carbonyl (C=O) groups excluding carboxylic acids is 1. The van der Waals surface area contributed by atoms with Crippen LogP contribution in [0.2, 0.25) is 0 Å². The summed E-state index contributed by atoms with van der Waals surface area (Å²) in [4.78, 5) is 31.6. The highest BCUT2D eigenvalue weighted by Gasteiger charge is 2.33. The van der Waals surface area contributed by atoms with Gasteiger partial charge in [0.15, 0.2) is 8.57 Å². The summed E-state index contributed by atoms with van der Waals surface area (Å²) < 4.78 is 20.5. The summed E-state index contributed by atoms with van der Waals surface area (Å²) in [5.41, 5.74) is 1.28. The second-order valence-electron chi connectivity index (χ2n) is 6.97. The van der Waals surface area contributed by atoms with Crippen LogP contribution in [-0.2, 0) is 9.53 Å². The van der Waals surface area contributed by atoms with E-state index in [4.69, 9.17) is 13.9 Å². The van der Waals surface area contributed by atoms with E-state index in [1.165, 1.54) is 15.9 Å². The predicted molar refractivity (Wildman–Crippen MR) is 140 cm³/mol. The molecular formula is C22H17Br2IN2O5S. The van der Waals surface area contributed by atoms with Gasteiger partial charge in [-0.1, -0.05) is 17.4 Å². The number of carbonyl (C=O) groups is 1. The van der Waals surface area contributed by atoms with Gasteiger partial charge in [-0.05, 0) is 69.5 Å². The number of rotatable bonds is 5. The van der Waals surface area contributed by atoms with E-state index in [1.54, 1.807) is 39.2 Å². The van der Waals surface area contributed by atoms with Gasteiger partial charge >= 0.3 is 5.97 Å². The van der Waals surface area contributed by atoms with Crippen molar-refractivity contribution in [2.45, 2.75) is 19.9 Å². The molecule has 3 aromatic rings. The fourth-order valence-corrected chi connectivity index (χ4v) is 5.82. The van der Waals surface area contributed by atoms with E-state index in [0.29, 0.717) is 40.4 Å². The van der Waals surface area contributed by atoms with Crippen molar-refractivity contribution in [2.24, 2.45) is 4.99 Å². The van der Waals surface area contributed by atoms with Gasteiger partial charge in [-0.3, -0.25) is 9.36 Å². The lowest BCUT2D eigenvalue weighted by Gasteiger charge is -2.25. The first-order chi connectivity index (χ1) is 15.7. The van der Waals surface area contributed by atoms with Gasteiger partial charge in [0.05, 0.1) is 44.5 Å². The number of allylic oxidation sites excluding steroid dienone is 1. The number of furan rings is 1. The lowest BCUT2D eigenvalue weighted by atomic mass is 9.96. The first-order valence-electron chi connectivity index (χ1n) is 9.73. The minimum absolute atomic E-state index is 0.213. The molecule has 4 rings (SSSR count). The summed E-state index contributed by atoms with van der Waals surface area (Å²) in [6, 6.07) is 6.55. The molecule has 0 fully saturated rings. The highest BCUT2D eigenvalue weighted by Crippen LogP contribution is 2.35. The molecule has 0 radical (unpaired) electrons. The van der Waals surface area contributed by atoms with Crippen molar-refractivity contribution in [3.05, 3.63) is 79.3 Å². The molecule has 0 bridgehead atoms. The van der Waals surface area contributed by atoms with Crippen LogP contribution in [0.1, 0.15) is 31.2 Å². The lowest BCUT2D eigenvalue weighted by molar-refractivity contribution is -0.139. The van der Waals surface area contributed by atoms with Crippen molar-refractivity contribution < 1.29 is 18.7 Å². The third-order valence-electron chi connectivity index (χ3n) is 4.95. The van der Waals surface area contributed by atoms with E-state index in [1.807, 2.05) is 12.1 Å². The molecule has 2 aromatic heterocycles. The van der Waals surface area contributed by atoms with Crippen LogP contribution in [-0.4, -0.2) is 24.3 Å². The lowest BCUT2D eigenvalue weighted by Crippen LogP contribution is -2.39. The maximum atomic E-state index is 13.5. The van der Waals surface area contributed by atoms with Crippen LogP contribution in [0.15, 0.2) is 58.7 Å². The fourth-order valence-electron chi connectivity index (χ4n) is 3.52. The van der Waals surface area contributed by atoms with Crippen LogP contribution in [0.3, 0.4) is 0 Å². The molecule has 0 aliphatic carbocycles. The summed E-state index contributed by atoms with van der Waals surface area (Å²) >= 11 is 10.2. The standard InChI is InChI=1S/C22H17Br2IN2O5S/c1-4-31-21(29)17-10(2)26-22-27(18(17)11-5-6-15(30-3)13(23)7-11)20(28)16(33-22)9-12-8-14(24)19(25)32-12/h5-9,18H,4H2,1-3H3/b16-9+/t18-/m1/s1. The number of hydrogen-bond donors (Lipinski definition) is 0. The van der Waals surface area contributed by atoms with Gasteiger partial charge in [0.2, 0.25) is 0 Å². The van der Waals surface area contributed by atoms with Gasteiger partial charge in [0.25, 0.3) is 5.56 Å². The largest absolute Gasteiger partial charge is 0.496 e. The molecule has 1 aromatic carbocycles. The van der Waals surface area contributed by atoms with Crippen molar-refractivity contribution in [3.63, 3.8) is 0 Å². The van der Waals surface area contributed by atoms with Gasteiger partial charge in [0.1, 0.15) is 11.5 Å². The molecule has 172 valence electrons. The average molecular weight is 708 g/mol. The van der Waals surface area contributed by atoms with E-state index < -0.39 is 12.0 Å². The SMILES string of the molecule is CCOC(=O)C1=C(C)N=c2s/c(=C/c3cc(Br)c(I)o3)c(=O)n2[C@@H]1c1ccc(OC)c(Br)c1. The summed E-state index contributed by atoms with van der Waals surface area (Å²) in [7, 11) is 1.57. The van der Waals surface area contributed by atoms with Crippen molar-refractivity contribution in [3.8, 4) is 5.75 Å². The number of halogens is 3. The Labute approximate surface area is 223 Å². The predicted octanol–water partition coefficient (Wildman–Crippen LogP) is 4.53. The quantitative estimate of drug-likeness (QED) is 0.288. The zero-order valence-corrected chi connectivity index (χ0v) is 23.8. The minimum atomic E-state index is -0.701. The van der Waals surface area contributed by atoms with Crippen molar-refractivity contribution in [1.29, 1.82) is 0 Å². The molecule has 0 saturated carbocycles. The molecule has 11 heteroatoms. The minimum Gasteiger partial charge on any atom is -0.496 e. The zero-order chi connectivity index (χ0) is 23.9.